The van der Waals surface area contributed by atoms with Gasteiger partial charge in [-0.1, -0.05) is 30.3 Å². The second kappa shape index (κ2) is 7.67. The first-order chi connectivity index (χ1) is 7.90. The van der Waals surface area contributed by atoms with Gasteiger partial charge in [-0.15, -0.1) is 12.4 Å². The summed E-state index contributed by atoms with van der Waals surface area (Å²) in [5, 5.41) is 9.45. The van der Waals surface area contributed by atoms with E-state index in [-0.39, 0.29) is 24.9 Å². The predicted octanol–water partition coefficient (Wildman–Crippen LogP) is 1.52. The minimum Gasteiger partial charge on any atom is -0.396 e. The van der Waals surface area contributed by atoms with Crippen molar-refractivity contribution in [1.29, 1.82) is 0 Å². The van der Waals surface area contributed by atoms with Gasteiger partial charge in [-0.2, -0.15) is 0 Å². The zero-order chi connectivity index (χ0) is 11.2. The van der Waals surface area contributed by atoms with Crippen molar-refractivity contribution in [1.82, 2.24) is 4.90 Å². The summed E-state index contributed by atoms with van der Waals surface area (Å²) in [6.45, 7) is 4.71. The first-order valence-electron chi connectivity index (χ1n) is 5.86. The van der Waals surface area contributed by atoms with Crippen molar-refractivity contribution in [3.63, 3.8) is 0 Å². The lowest BCUT2D eigenvalue weighted by Gasteiger charge is -2.29. The summed E-state index contributed by atoms with van der Waals surface area (Å²) < 4.78 is 5.32. The first kappa shape index (κ1) is 14.5. The highest BCUT2D eigenvalue weighted by molar-refractivity contribution is 5.85. The van der Waals surface area contributed by atoms with Crippen LogP contribution >= 0.6 is 12.4 Å². The molecule has 0 aliphatic carbocycles. The van der Waals surface area contributed by atoms with Crippen LogP contribution in [0.25, 0.3) is 0 Å². The van der Waals surface area contributed by atoms with Crippen molar-refractivity contribution < 1.29 is 9.84 Å². The molecule has 3 nitrogen and oxygen atoms in total. The van der Waals surface area contributed by atoms with Crippen molar-refractivity contribution in [3.05, 3.63) is 35.9 Å². The number of nitrogens with zero attached hydrogens (tertiary/aromatic N) is 1. The number of aliphatic hydroxyl groups excluding tert-OH is 1. The van der Waals surface area contributed by atoms with Crippen molar-refractivity contribution in [2.75, 3.05) is 39.5 Å². The normalized spacial score (nSPS) is 18.4. The van der Waals surface area contributed by atoms with Crippen LogP contribution in [0, 0.1) is 0 Å². The molecular weight excluding hydrogens is 238 g/mol. The van der Waals surface area contributed by atoms with Crippen LogP contribution in [0.2, 0.25) is 0 Å². The second-order valence-electron chi connectivity index (χ2n) is 4.20. The van der Waals surface area contributed by atoms with E-state index in [0.29, 0.717) is 0 Å². The summed E-state index contributed by atoms with van der Waals surface area (Å²) in [6.07, 6.45) is 0. The molecule has 0 aromatic heterocycles. The summed E-state index contributed by atoms with van der Waals surface area (Å²) >= 11 is 0. The maximum Gasteiger partial charge on any atom is 0.0594 e. The Morgan fingerprint density at radius 2 is 1.82 bits per heavy atom. The molecule has 1 fully saturated rings. The molecule has 0 radical (unpaired) electrons. The molecule has 2 rings (SSSR count). The van der Waals surface area contributed by atoms with Gasteiger partial charge in [-0.3, -0.25) is 4.90 Å². The van der Waals surface area contributed by atoms with Crippen LogP contribution in [-0.4, -0.2) is 49.5 Å². The fraction of sp³-hybridized carbons (Fsp3) is 0.538. The summed E-state index contributed by atoms with van der Waals surface area (Å²) in [4.78, 5) is 2.36. The van der Waals surface area contributed by atoms with Crippen LogP contribution < -0.4 is 0 Å². The van der Waals surface area contributed by atoms with Gasteiger partial charge in [0.15, 0.2) is 0 Å². The number of ether oxygens (including phenoxy) is 1. The first-order valence-corrected chi connectivity index (χ1v) is 5.86. The largest absolute Gasteiger partial charge is 0.396 e. The van der Waals surface area contributed by atoms with Gasteiger partial charge in [0.2, 0.25) is 0 Å². The maximum absolute atomic E-state index is 9.45. The van der Waals surface area contributed by atoms with E-state index in [1.165, 1.54) is 5.56 Å². The Kier molecular flexibility index (Phi) is 6.52. The molecule has 1 heterocycles. The summed E-state index contributed by atoms with van der Waals surface area (Å²) in [5.41, 5.74) is 1.22. The Morgan fingerprint density at radius 3 is 2.41 bits per heavy atom. The molecule has 0 amide bonds. The van der Waals surface area contributed by atoms with Crippen molar-refractivity contribution in [2.24, 2.45) is 0 Å². The molecule has 1 unspecified atom stereocenters. The number of hydrogen-bond donors (Lipinski definition) is 1. The van der Waals surface area contributed by atoms with E-state index in [2.05, 4.69) is 17.0 Å². The lowest BCUT2D eigenvalue weighted by molar-refractivity contribution is 0.0319. The summed E-state index contributed by atoms with van der Waals surface area (Å²) in [5.74, 6) is 0.222. The summed E-state index contributed by atoms with van der Waals surface area (Å²) in [7, 11) is 0. The third-order valence-corrected chi connectivity index (χ3v) is 3.07. The van der Waals surface area contributed by atoms with Crippen LogP contribution in [0.5, 0.6) is 0 Å². The molecule has 1 aliphatic rings. The molecule has 1 aromatic rings. The molecule has 1 N–H and O–H groups in total. The zero-order valence-electron chi connectivity index (χ0n) is 9.92. The topological polar surface area (TPSA) is 32.7 Å². The average Bonchev–Trinajstić information content (AvgIpc) is 2.38. The predicted molar refractivity (Wildman–Crippen MR) is 70.8 cm³/mol. The van der Waals surface area contributed by atoms with Crippen molar-refractivity contribution in [2.45, 2.75) is 5.92 Å². The molecule has 17 heavy (non-hydrogen) atoms. The SMILES string of the molecule is Cl.OCC(CN1CCOCC1)c1ccccc1. The number of halogens is 1. The molecule has 96 valence electrons. The Balaban J connectivity index is 0.00000144. The molecule has 1 atom stereocenters. The molecule has 0 spiro atoms. The quantitative estimate of drug-likeness (QED) is 0.888. The zero-order valence-corrected chi connectivity index (χ0v) is 10.7. The van der Waals surface area contributed by atoms with Gasteiger partial charge in [-0.05, 0) is 5.56 Å². The molecule has 0 saturated carbocycles. The highest BCUT2D eigenvalue weighted by Gasteiger charge is 2.17. The van der Waals surface area contributed by atoms with Gasteiger partial charge >= 0.3 is 0 Å². The van der Waals surface area contributed by atoms with Gasteiger partial charge in [0.1, 0.15) is 0 Å². The molecule has 1 saturated heterocycles. The number of morpholine rings is 1. The number of benzene rings is 1. The highest BCUT2D eigenvalue weighted by atomic mass is 35.5. The fourth-order valence-electron chi connectivity index (χ4n) is 2.09. The lowest BCUT2D eigenvalue weighted by atomic mass is 9.99. The molecule has 1 aliphatic heterocycles. The van der Waals surface area contributed by atoms with Crippen molar-refractivity contribution >= 4 is 12.4 Å². The highest BCUT2D eigenvalue weighted by Crippen LogP contribution is 2.16. The Bertz CT molecular complexity index is 302. The van der Waals surface area contributed by atoms with E-state index in [0.717, 1.165) is 32.8 Å². The van der Waals surface area contributed by atoms with Gasteiger partial charge < -0.3 is 9.84 Å². The molecular formula is C13H20ClNO2. The minimum absolute atomic E-state index is 0. The lowest BCUT2D eigenvalue weighted by Crippen LogP contribution is -2.39. The standard InChI is InChI=1S/C13H19NO2.ClH/c15-11-13(12-4-2-1-3-5-12)10-14-6-8-16-9-7-14;/h1-5,13,15H,6-11H2;1H. The molecule has 0 bridgehead atoms. The number of aliphatic hydroxyl groups is 1. The van der Waals surface area contributed by atoms with E-state index in [1.54, 1.807) is 0 Å². The Labute approximate surface area is 109 Å². The number of hydrogen-bond acceptors (Lipinski definition) is 3. The van der Waals surface area contributed by atoms with Crippen LogP contribution in [-0.2, 0) is 4.74 Å². The third kappa shape index (κ3) is 4.28. The second-order valence-corrected chi connectivity index (χ2v) is 4.20. The average molecular weight is 258 g/mol. The molecule has 1 aromatic carbocycles. The Hall–Kier alpha value is -0.610. The fourth-order valence-corrected chi connectivity index (χ4v) is 2.09. The smallest absolute Gasteiger partial charge is 0.0594 e. The van der Waals surface area contributed by atoms with E-state index < -0.39 is 0 Å². The van der Waals surface area contributed by atoms with Crippen LogP contribution in [0.4, 0.5) is 0 Å². The van der Waals surface area contributed by atoms with Gasteiger partial charge in [0, 0.05) is 25.6 Å². The number of rotatable bonds is 4. The third-order valence-electron chi connectivity index (χ3n) is 3.07. The van der Waals surface area contributed by atoms with Crippen LogP contribution in [0.3, 0.4) is 0 Å². The Morgan fingerprint density at radius 1 is 1.18 bits per heavy atom. The summed E-state index contributed by atoms with van der Waals surface area (Å²) in [6, 6.07) is 10.2. The van der Waals surface area contributed by atoms with Crippen molar-refractivity contribution in [3.8, 4) is 0 Å². The van der Waals surface area contributed by atoms with E-state index in [9.17, 15) is 5.11 Å². The van der Waals surface area contributed by atoms with Crippen LogP contribution in [0.15, 0.2) is 30.3 Å². The van der Waals surface area contributed by atoms with Gasteiger partial charge in [0.05, 0.1) is 19.8 Å². The van der Waals surface area contributed by atoms with E-state index in [4.69, 9.17) is 4.74 Å². The van der Waals surface area contributed by atoms with Crippen LogP contribution in [0.1, 0.15) is 11.5 Å². The van der Waals surface area contributed by atoms with Gasteiger partial charge in [-0.25, -0.2) is 0 Å². The van der Waals surface area contributed by atoms with E-state index in [1.807, 2.05) is 18.2 Å². The van der Waals surface area contributed by atoms with E-state index >= 15 is 0 Å². The maximum atomic E-state index is 9.45. The minimum atomic E-state index is 0. The molecule has 4 heteroatoms. The van der Waals surface area contributed by atoms with Gasteiger partial charge in [0.25, 0.3) is 0 Å². The monoisotopic (exact) mass is 257 g/mol.